The van der Waals surface area contributed by atoms with Crippen molar-refractivity contribution in [1.29, 1.82) is 0 Å². The zero-order valence-corrected chi connectivity index (χ0v) is 17.3. The molecule has 0 aliphatic rings. The summed E-state index contributed by atoms with van der Waals surface area (Å²) >= 11 is 6.16. The highest BCUT2D eigenvalue weighted by Crippen LogP contribution is 2.18. The van der Waals surface area contributed by atoms with E-state index in [1.165, 1.54) is 9.13 Å². The van der Waals surface area contributed by atoms with Crippen LogP contribution in [-0.2, 0) is 17.9 Å². The second-order valence-electron chi connectivity index (χ2n) is 6.98. The second kappa shape index (κ2) is 9.09. The molecular formula is C22H24ClN3O3. The molecule has 0 fully saturated rings. The molecule has 0 aliphatic heterocycles. The minimum absolute atomic E-state index is 0.0338. The van der Waals surface area contributed by atoms with Gasteiger partial charge in [-0.25, -0.2) is 0 Å². The quantitative estimate of drug-likeness (QED) is 0.604. The first-order valence-electron chi connectivity index (χ1n) is 9.70. The first-order chi connectivity index (χ1) is 13.9. The normalized spacial score (nSPS) is 11.2. The van der Waals surface area contributed by atoms with E-state index in [0.29, 0.717) is 16.1 Å². The van der Waals surface area contributed by atoms with Gasteiger partial charge in [0.05, 0.1) is 17.6 Å². The summed E-state index contributed by atoms with van der Waals surface area (Å²) in [6, 6.07) is 14.5. The fraction of sp³-hybridized carbons (Fsp3) is 0.318. The zero-order chi connectivity index (χ0) is 21.0. The van der Waals surface area contributed by atoms with Gasteiger partial charge in [-0.1, -0.05) is 55.8 Å². The molecule has 3 aromatic rings. The molecule has 7 heteroatoms. The molecule has 0 bridgehead atoms. The SMILES string of the molecule is CCC(CC)NC(=O)Cn1c(=O)c(=O)n(Cc2ccccc2)c2ccc(Cl)cc21. The van der Waals surface area contributed by atoms with Gasteiger partial charge in [0.1, 0.15) is 6.54 Å². The summed E-state index contributed by atoms with van der Waals surface area (Å²) in [5, 5.41) is 3.33. The molecule has 0 radical (unpaired) electrons. The summed E-state index contributed by atoms with van der Waals surface area (Å²) in [6.07, 6.45) is 1.59. The molecule has 0 spiro atoms. The van der Waals surface area contributed by atoms with Gasteiger partial charge in [0.25, 0.3) is 0 Å². The van der Waals surface area contributed by atoms with Gasteiger partial charge in [-0.15, -0.1) is 0 Å². The molecule has 1 amide bonds. The molecule has 2 aromatic carbocycles. The fourth-order valence-electron chi connectivity index (χ4n) is 3.38. The van der Waals surface area contributed by atoms with E-state index in [1.807, 2.05) is 44.2 Å². The predicted octanol–water partition coefficient (Wildman–Crippen LogP) is 3.17. The lowest BCUT2D eigenvalue weighted by molar-refractivity contribution is -0.122. The monoisotopic (exact) mass is 413 g/mol. The number of amides is 1. The summed E-state index contributed by atoms with van der Waals surface area (Å²) in [6.45, 7) is 4.00. The van der Waals surface area contributed by atoms with Gasteiger partial charge in [0.15, 0.2) is 0 Å². The van der Waals surface area contributed by atoms with Crippen LogP contribution in [0.1, 0.15) is 32.3 Å². The van der Waals surface area contributed by atoms with Crippen LogP contribution in [-0.4, -0.2) is 21.1 Å². The number of carbonyl (C=O) groups excluding carboxylic acids is 1. The second-order valence-corrected chi connectivity index (χ2v) is 7.42. The Hall–Kier alpha value is -2.86. The number of hydrogen-bond acceptors (Lipinski definition) is 3. The van der Waals surface area contributed by atoms with Crippen LogP contribution in [0.2, 0.25) is 5.02 Å². The molecule has 3 rings (SSSR count). The number of aromatic nitrogens is 2. The van der Waals surface area contributed by atoms with E-state index < -0.39 is 11.1 Å². The van der Waals surface area contributed by atoms with E-state index in [2.05, 4.69) is 5.32 Å². The summed E-state index contributed by atoms with van der Waals surface area (Å²) in [4.78, 5) is 38.2. The minimum Gasteiger partial charge on any atom is -0.352 e. The number of rotatable bonds is 7. The van der Waals surface area contributed by atoms with Crippen LogP contribution in [0.15, 0.2) is 58.1 Å². The third kappa shape index (κ3) is 4.59. The molecule has 1 aromatic heterocycles. The van der Waals surface area contributed by atoms with Gasteiger partial charge in [-0.05, 0) is 36.6 Å². The van der Waals surface area contributed by atoms with E-state index in [4.69, 9.17) is 11.6 Å². The number of hydrogen-bond donors (Lipinski definition) is 1. The van der Waals surface area contributed by atoms with Crippen molar-refractivity contribution in [1.82, 2.24) is 14.5 Å². The van der Waals surface area contributed by atoms with Gasteiger partial charge >= 0.3 is 11.1 Å². The summed E-state index contributed by atoms with van der Waals surface area (Å²) < 4.78 is 2.64. The van der Waals surface area contributed by atoms with E-state index in [0.717, 1.165) is 18.4 Å². The summed E-state index contributed by atoms with van der Waals surface area (Å²) in [5.41, 5.74) is 0.500. The predicted molar refractivity (Wildman–Crippen MR) is 116 cm³/mol. The molecule has 0 saturated heterocycles. The van der Waals surface area contributed by atoms with E-state index >= 15 is 0 Å². The zero-order valence-electron chi connectivity index (χ0n) is 16.5. The highest BCUT2D eigenvalue weighted by atomic mass is 35.5. The molecule has 0 atom stereocenters. The van der Waals surface area contributed by atoms with Crippen molar-refractivity contribution in [3.8, 4) is 0 Å². The molecule has 6 nitrogen and oxygen atoms in total. The number of nitrogens with zero attached hydrogens (tertiary/aromatic N) is 2. The van der Waals surface area contributed by atoms with Crippen molar-refractivity contribution >= 4 is 28.5 Å². The highest BCUT2D eigenvalue weighted by molar-refractivity contribution is 6.31. The maximum absolute atomic E-state index is 12.9. The van der Waals surface area contributed by atoms with E-state index in [-0.39, 0.29) is 25.0 Å². The summed E-state index contributed by atoms with van der Waals surface area (Å²) in [7, 11) is 0. The van der Waals surface area contributed by atoms with Crippen LogP contribution in [0.4, 0.5) is 0 Å². The Balaban J connectivity index is 2.10. The molecule has 0 unspecified atom stereocenters. The Morgan fingerprint density at radius 1 is 0.966 bits per heavy atom. The Morgan fingerprint density at radius 3 is 2.28 bits per heavy atom. The number of carbonyl (C=O) groups is 1. The van der Waals surface area contributed by atoms with Crippen LogP contribution in [0, 0.1) is 0 Å². The first kappa shape index (κ1) is 20.9. The van der Waals surface area contributed by atoms with Crippen LogP contribution in [0.5, 0.6) is 0 Å². The van der Waals surface area contributed by atoms with Crippen molar-refractivity contribution in [3.63, 3.8) is 0 Å². The van der Waals surface area contributed by atoms with Gasteiger partial charge < -0.3 is 5.32 Å². The lowest BCUT2D eigenvalue weighted by Gasteiger charge is -2.18. The Morgan fingerprint density at radius 2 is 1.62 bits per heavy atom. The fourth-order valence-corrected chi connectivity index (χ4v) is 3.55. The Bertz CT molecular complexity index is 1130. The molecular weight excluding hydrogens is 390 g/mol. The van der Waals surface area contributed by atoms with Crippen molar-refractivity contribution in [2.24, 2.45) is 0 Å². The largest absolute Gasteiger partial charge is 0.352 e. The minimum atomic E-state index is -0.740. The van der Waals surface area contributed by atoms with Crippen LogP contribution in [0.3, 0.4) is 0 Å². The topological polar surface area (TPSA) is 73.1 Å². The Labute approximate surface area is 173 Å². The van der Waals surface area contributed by atoms with Gasteiger partial charge in [0.2, 0.25) is 5.91 Å². The van der Waals surface area contributed by atoms with Crippen molar-refractivity contribution in [2.45, 2.75) is 45.8 Å². The van der Waals surface area contributed by atoms with E-state index in [1.54, 1.807) is 18.2 Å². The van der Waals surface area contributed by atoms with E-state index in [9.17, 15) is 14.4 Å². The maximum Gasteiger partial charge on any atom is 0.317 e. The third-order valence-electron chi connectivity index (χ3n) is 5.03. The average molecular weight is 414 g/mol. The Kier molecular flexibility index (Phi) is 6.54. The summed E-state index contributed by atoms with van der Waals surface area (Å²) in [5.74, 6) is -0.303. The smallest absolute Gasteiger partial charge is 0.317 e. The molecule has 0 saturated carbocycles. The van der Waals surface area contributed by atoms with Gasteiger partial charge in [-0.3, -0.25) is 23.5 Å². The number of benzene rings is 2. The average Bonchev–Trinajstić information content (AvgIpc) is 2.73. The number of fused-ring (bicyclic) bond motifs is 1. The van der Waals surface area contributed by atoms with Crippen LogP contribution >= 0.6 is 11.6 Å². The lowest BCUT2D eigenvalue weighted by Crippen LogP contribution is -2.45. The van der Waals surface area contributed by atoms with Gasteiger partial charge in [0, 0.05) is 11.1 Å². The molecule has 1 N–H and O–H groups in total. The van der Waals surface area contributed by atoms with Crippen molar-refractivity contribution < 1.29 is 4.79 Å². The van der Waals surface area contributed by atoms with Gasteiger partial charge in [-0.2, -0.15) is 0 Å². The maximum atomic E-state index is 12.9. The van der Waals surface area contributed by atoms with Crippen molar-refractivity contribution in [2.75, 3.05) is 0 Å². The van der Waals surface area contributed by atoms with Crippen molar-refractivity contribution in [3.05, 3.63) is 79.8 Å². The number of halogens is 1. The first-order valence-corrected chi connectivity index (χ1v) is 10.1. The molecule has 29 heavy (non-hydrogen) atoms. The molecule has 152 valence electrons. The number of nitrogens with one attached hydrogen (secondary N) is 1. The van der Waals surface area contributed by atoms with Crippen LogP contribution in [0.25, 0.3) is 11.0 Å². The highest BCUT2D eigenvalue weighted by Gasteiger charge is 2.17. The molecule has 0 aliphatic carbocycles. The lowest BCUT2D eigenvalue weighted by atomic mass is 10.2. The molecule has 1 heterocycles. The van der Waals surface area contributed by atoms with Crippen LogP contribution < -0.4 is 16.4 Å². The third-order valence-corrected chi connectivity index (χ3v) is 5.26. The standard InChI is InChI=1S/C22H24ClN3O3/c1-3-17(4-2)24-20(27)14-26-19-12-16(23)10-11-18(19)25(21(28)22(26)29)13-15-8-6-5-7-9-15/h5-12,17H,3-4,13-14H2,1-2H3,(H,24,27).